The second-order valence-electron chi connectivity index (χ2n) is 8.53. The van der Waals surface area contributed by atoms with Crippen LogP contribution in [0.15, 0.2) is 81.5 Å². The summed E-state index contributed by atoms with van der Waals surface area (Å²) in [5.41, 5.74) is 9.62. The van der Waals surface area contributed by atoms with E-state index in [1.54, 1.807) is 0 Å². The monoisotopic (exact) mass is 476 g/mol. The van der Waals surface area contributed by atoms with Gasteiger partial charge in [0.15, 0.2) is 0 Å². The van der Waals surface area contributed by atoms with E-state index in [2.05, 4.69) is 52.5 Å². The van der Waals surface area contributed by atoms with E-state index in [1.807, 2.05) is 24.3 Å². The van der Waals surface area contributed by atoms with Gasteiger partial charge in [-0.15, -0.1) is 0 Å². The molecule has 0 radical (unpaired) electrons. The number of nitrogens with zero attached hydrogens (tertiary/aromatic N) is 1. The van der Waals surface area contributed by atoms with Crippen LogP contribution in [0, 0.1) is 0 Å². The van der Waals surface area contributed by atoms with E-state index in [0.717, 1.165) is 58.3 Å². The zero-order chi connectivity index (χ0) is 20.8. The number of hydrazone groups is 1. The average molecular weight is 475 g/mol. The number of benzene rings is 2. The second kappa shape index (κ2) is 7.40. The van der Waals surface area contributed by atoms with Crippen molar-refractivity contribution in [2.45, 2.75) is 42.7 Å². The third-order valence-corrected chi connectivity index (χ3v) is 9.06. The van der Waals surface area contributed by atoms with Gasteiger partial charge in [0, 0.05) is 0 Å². The minimum absolute atomic E-state index is 0.0240. The molecule has 31 heavy (non-hydrogen) atoms. The van der Waals surface area contributed by atoms with Crippen LogP contribution in [0.1, 0.15) is 43.2 Å². The van der Waals surface area contributed by atoms with Crippen molar-refractivity contribution in [2.75, 3.05) is 0 Å². The summed E-state index contributed by atoms with van der Waals surface area (Å²) in [6, 6.07) is 20.8. The van der Waals surface area contributed by atoms with Crippen LogP contribution in [0.3, 0.4) is 0 Å². The first-order chi connectivity index (χ1) is 15.2. The van der Waals surface area contributed by atoms with Crippen molar-refractivity contribution >= 4 is 32.1 Å². The van der Waals surface area contributed by atoms with Gasteiger partial charge >= 0.3 is 188 Å². The zero-order valence-electron chi connectivity index (χ0n) is 17.2. The van der Waals surface area contributed by atoms with Crippen LogP contribution in [-0.4, -0.2) is 37.2 Å². The van der Waals surface area contributed by atoms with E-state index in [0.29, 0.717) is 0 Å². The molecule has 5 nitrogen and oxygen atoms in total. The summed E-state index contributed by atoms with van der Waals surface area (Å²) < 4.78 is 0.911. The Hall–Kier alpha value is -2.82. The molecule has 3 heterocycles. The quantitative estimate of drug-likeness (QED) is 0.585. The van der Waals surface area contributed by atoms with E-state index in [-0.39, 0.29) is 31.5 Å². The third-order valence-electron chi connectivity index (χ3n) is 6.53. The second-order valence-corrected chi connectivity index (χ2v) is 10.9. The fourth-order valence-electron chi connectivity index (χ4n) is 5.09. The Kier molecular flexibility index (Phi) is 4.51. The molecule has 1 fully saturated rings. The molecule has 3 N–H and O–H groups in total. The van der Waals surface area contributed by atoms with Crippen molar-refractivity contribution in [2.24, 2.45) is 5.10 Å². The van der Waals surface area contributed by atoms with Crippen LogP contribution in [0.4, 0.5) is 0 Å². The van der Waals surface area contributed by atoms with Crippen LogP contribution in [0.2, 0.25) is 0 Å². The van der Waals surface area contributed by atoms with Gasteiger partial charge in [-0.25, -0.2) is 0 Å². The van der Waals surface area contributed by atoms with E-state index in [4.69, 9.17) is 5.10 Å². The number of fused-ring (bicyclic) bond motifs is 2. The molecule has 156 valence electrons. The summed E-state index contributed by atoms with van der Waals surface area (Å²) in [5, 5.41) is 12.0. The van der Waals surface area contributed by atoms with Crippen molar-refractivity contribution in [1.29, 1.82) is 0 Å². The number of amides is 1. The third kappa shape index (κ3) is 3.13. The number of rotatable bonds is 2. The van der Waals surface area contributed by atoms with Gasteiger partial charge < -0.3 is 0 Å². The first-order valence-corrected chi connectivity index (χ1v) is 12.8. The summed E-state index contributed by atoms with van der Waals surface area (Å²) in [7, 11) is 0. The van der Waals surface area contributed by atoms with Gasteiger partial charge in [-0.1, -0.05) is 0 Å². The van der Waals surface area contributed by atoms with Crippen LogP contribution in [0.25, 0.3) is 5.57 Å². The van der Waals surface area contributed by atoms with Crippen LogP contribution < -0.4 is 16.1 Å². The van der Waals surface area contributed by atoms with Crippen LogP contribution in [0.5, 0.6) is 0 Å². The number of hydrogen-bond donors (Lipinski definition) is 3. The molecule has 1 aliphatic carbocycles. The fraction of sp³-hybridized carbons (Fsp3) is 0.280. The molecule has 0 bridgehead atoms. The number of allylic oxidation sites excluding steroid dienone is 1. The van der Waals surface area contributed by atoms with Gasteiger partial charge in [0.1, 0.15) is 0 Å². The normalized spacial score (nSPS) is 24.1. The Labute approximate surface area is 188 Å². The van der Waals surface area contributed by atoms with Crippen molar-refractivity contribution < 1.29 is 4.79 Å². The molecule has 2 aromatic carbocycles. The molecule has 1 spiro atoms. The Bertz CT molecular complexity index is 1130. The minimum atomic E-state index is -0.310. The zero-order valence-corrected chi connectivity index (χ0v) is 18.9. The molecular weight excluding hydrogens is 451 g/mol. The molecule has 1 unspecified atom stereocenters. The molecule has 0 aromatic heterocycles. The Morgan fingerprint density at radius 3 is 2.26 bits per heavy atom. The molecule has 0 saturated heterocycles. The standard InChI is InChI=1S/C25H24N4OSe/c30-23-22-21(26-25(27-23)14-8-3-9-15-25)19-18(16-10-4-1-5-11-16)20(28-29-24(19)31-22)17-12-6-2-7-13-17/h1-2,4-7,10-13,24,26,29H,3,8-9,14-15H2,(H,27,30). The topological polar surface area (TPSA) is 65.5 Å². The van der Waals surface area contributed by atoms with Gasteiger partial charge in [-0.3, -0.25) is 0 Å². The number of hydrogen-bond acceptors (Lipinski definition) is 4. The number of nitrogens with one attached hydrogen (secondary N) is 3. The van der Waals surface area contributed by atoms with Crippen molar-refractivity contribution in [3.05, 3.63) is 87.5 Å². The molecule has 1 atom stereocenters. The van der Waals surface area contributed by atoms with Gasteiger partial charge in [0.25, 0.3) is 0 Å². The summed E-state index contributed by atoms with van der Waals surface area (Å²) in [5.74, 6) is 0.105. The molecule has 6 rings (SSSR count). The molecular formula is C25H24N4OSe. The van der Waals surface area contributed by atoms with Gasteiger partial charge in [-0.2, -0.15) is 0 Å². The van der Waals surface area contributed by atoms with E-state index in [9.17, 15) is 4.79 Å². The molecule has 2 aromatic rings. The van der Waals surface area contributed by atoms with Gasteiger partial charge in [0.2, 0.25) is 0 Å². The molecule has 4 aliphatic rings. The van der Waals surface area contributed by atoms with Crippen molar-refractivity contribution in [1.82, 2.24) is 16.1 Å². The van der Waals surface area contributed by atoms with E-state index >= 15 is 0 Å². The summed E-state index contributed by atoms with van der Waals surface area (Å²) >= 11 is -0.0240. The van der Waals surface area contributed by atoms with E-state index in [1.165, 1.54) is 12.0 Å². The first-order valence-electron chi connectivity index (χ1n) is 10.9. The van der Waals surface area contributed by atoms with Crippen molar-refractivity contribution in [3.8, 4) is 0 Å². The Balaban J connectivity index is 1.54. The van der Waals surface area contributed by atoms with Crippen molar-refractivity contribution in [3.63, 3.8) is 0 Å². The average Bonchev–Trinajstić information content (AvgIpc) is 3.19. The Morgan fingerprint density at radius 2 is 1.55 bits per heavy atom. The van der Waals surface area contributed by atoms with Crippen LogP contribution >= 0.6 is 0 Å². The predicted molar refractivity (Wildman–Crippen MR) is 123 cm³/mol. The summed E-state index contributed by atoms with van der Waals surface area (Å²) in [6.07, 6.45) is 5.48. The maximum absolute atomic E-state index is 13.2. The maximum atomic E-state index is 13.2. The number of carbonyl (C=O) groups excluding carboxylic acids is 1. The summed E-state index contributed by atoms with van der Waals surface area (Å²) in [6.45, 7) is 0. The number of carbonyl (C=O) groups is 1. The molecule has 1 saturated carbocycles. The summed E-state index contributed by atoms with van der Waals surface area (Å²) in [4.78, 5) is 13.3. The SMILES string of the molecule is O=C1NC2(CCCCC2)NC2=C1[Se]C1NN=C(c3ccccc3)C(c3ccccc3)=C21. The Morgan fingerprint density at radius 1 is 0.871 bits per heavy atom. The van der Waals surface area contributed by atoms with Crippen LogP contribution in [-0.2, 0) is 4.79 Å². The van der Waals surface area contributed by atoms with Gasteiger partial charge in [0.05, 0.1) is 0 Å². The first kappa shape index (κ1) is 18.9. The van der Waals surface area contributed by atoms with E-state index < -0.39 is 0 Å². The van der Waals surface area contributed by atoms with Gasteiger partial charge in [-0.05, 0) is 0 Å². The molecule has 3 aliphatic heterocycles. The molecule has 1 amide bonds. The predicted octanol–water partition coefficient (Wildman–Crippen LogP) is 3.08. The fourth-order valence-corrected chi connectivity index (χ4v) is 7.46. The molecule has 6 heteroatoms.